The van der Waals surface area contributed by atoms with Crippen molar-refractivity contribution >= 4 is 10.0 Å². The summed E-state index contributed by atoms with van der Waals surface area (Å²) in [4.78, 5) is 4.17. The average Bonchev–Trinajstić information content (AvgIpc) is 2.77. The molecule has 2 aromatic rings. The lowest BCUT2D eigenvalue weighted by molar-refractivity contribution is 0.495. The highest BCUT2D eigenvalue weighted by Gasteiger charge is 2.13. The molecule has 1 aromatic heterocycles. The zero-order chi connectivity index (χ0) is 13.3. The Balaban J connectivity index is 2.45. The summed E-state index contributed by atoms with van der Waals surface area (Å²) < 4.78 is 28.1. The van der Waals surface area contributed by atoms with Crippen LogP contribution in [0.2, 0.25) is 0 Å². The summed E-state index contributed by atoms with van der Waals surface area (Å²) in [7, 11) is -3.71. The van der Waals surface area contributed by atoms with Crippen molar-refractivity contribution in [1.82, 2.24) is 4.98 Å². The fraction of sp³-hybridized carbons (Fsp3) is 0.250. The number of oxazole rings is 1. The number of sulfonamides is 1. The van der Waals surface area contributed by atoms with E-state index in [0.717, 1.165) is 5.76 Å². The van der Waals surface area contributed by atoms with Crippen molar-refractivity contribution in [2.24, 2.45) is 5.14 Å². The van der Waals surface area contributed by atoms with E-state index in [9.17, 15) is 8.42 Å². The van der Waals surface area contributed by atoms with E-state index in [4.69, 9.17) is 9.56 Å². The first-order valence-corrected chi connectivity index (χ1v) is 7.01. The van der Waals surface area contributed by atoms with Crippen molar-refractivity contribution in [2.45, 2.75) is 24.7 Å². The van der Waals surface area contributed by atoms with Crippen LogP contribution in [0.3, 0.4) is 0 Å². The van der Waals surface area contributed by atoms with Crippen molar-refractivity contribution < 1.29 is 12.8 Å². The molecule has 2 rings (SSSR count). The Bertz CT molecular complexity index is 659. The molecule has 0 aliphatic carbocycles. The number of hydrogen-bond donors (Lipinski definition) is 1. The summed E-state index contributed by atoms with van der Waals surface area (Å²) >= 11 is 0. The van der Waals surface area contributed by atoms with Crippen LogP contribution in [0.4, 0.5) is 0 Å². The Morgan fingerprint density at radius 2 is 2.06 bits per heavy atom. The van der Waals surface area contributed by atoms with E-state index in [1.54, 1.807) is 18.3 Å². The van der Waals surface area contributed by atoms with Gasteiger partial charge in [-0.15, -0.1) is 0 Å². The predicted molar refractivity (Wildman–Crippen MR) is 67.4 cm³/mol. The first-order chi connectivity index (χ1) is 8.38. The summed E-state index contributed by atoms with van der Waals surface area (Å²) in [6.45, 7) is 3.98. The molecule has 0 saturated carbocycles. The first-order valence-electron chi connectivity index (χ1n) is 5.47. The van der Waals surface area contributed by atoms with Gasteiger partial charge in [0.05, 0.1) is 11.1 Å². The Morgan fingerprint density at radius 3 is 2.61 bits per heavy atom. The van der Waals surface area contributed by atoms with Crippen molar-refractivity contribution in [2.75, 3.05) is 0 Å². The van der Waals surface area contributed by atoms with Crippen molar-refractivity contribution in [3.05, 3.63) is 36.2 Å². The van der Waals surface area contributed by atoms with Crippen molar-refractivity contribution in [1.29, 1.82) is 0 Å². The van der Waals surface area contributed by atoms with Crippen LogP contribution in [0.1, 0.15) is 25.5 Å². The molecule has 0 spiro atoms. The highest BCUT2D eigenvalue weighted by molar-refractivity contribution is 7.89. The molecule has 0 unspecified atom stereocenters. The number of nitrogens with two attached hydrogens (primary N) is 1. The SMILES string of the molecule is CC(C)c1cnc(-c2cccc(S(N)(=O)=O)c2)o1. The van der Waals surface area contributed by atoms with Gasteiger partial charge in [0.1, 0.15) is 5.76 Å². The second-order valence-corrected chi connectivity index (χ2v) is 5.86. The highest BCUT2D eigenvalue weighted by Crippen LogP contribution is 2.24. The van der Waals surface area contributed by atoms with Crippen LogP contribution in [0.5, 0.6) is 0 Å². The third-order valence-corrected chi connectivity index (χ3v) is 3.41. The summed E-state index contributed by atoms with van der Waals surface area (Å²) in [6.07, 6.45) is 1.64. The van der Waals surface area contributed by atoms with Gasteiger partial charge < -0.3 is 4.42 Å². The Labute approximate surface area is 106 Å². The van der Waals surface area contributed by atoms with Crippen LogP contribution in [0, 0.1) is 0 Å². The lowest BCUT2D eigenvalue weighted by Crippen LogP contribution is -2.11. The molecule has 0 aliphatic heterocycles. The van der Waals surface area contributed by atoms with Crippen LogP contribution in [-0.4, -0.2) is 13.4 Å². The van der Waals surface area contributed by atoms with Gasteiger partial charge >= 0.3 is 0 Å². The Kier molecular flexibility index (Phi) is 3.23. The molecule has 0 saturated heterocycles. The van der Waals surface area contributed by atoms with Gasteiger partial charge in [-0.2, -0.15) is 0 Å². The second kappa shape index (κ2) is 4.55. The molecule has 0 bridgehead atoms. The molecule has 2 N–H and O–H groups in total. The van der Waals surface area contributed by atoms with Gasteiger partial charge in [-0.1, -0.05) is 19.9 Å². The first kappa shape index (κ1) is 12.8. The van der Waals surface area contributed by atoms with Gasteiger partial charge in [0.2, 0.25) is 15.9 Å². The smallest absolute Gasteiger partial charge is 0.238 e. The fourth-order valence-electron chi connectivity index (χ4n) is 1.49. The Hall–Kier alpha value is -1.66. The van der Waals surface area contributed by atoms with Crippen LogP contribution >= 0.6 is 0 Å². The van der Waals surface area contributed by atoms with Crippen LogP contribution in [-0.2, 0) is 10.0 Å². The molecule has 96 valence electrons. The minimum atomic E-state index is -3.71. The van der Waals surface area contributed by atoms with E-state index < -0.39 is 10.0 Å². The van der Waals surface area contributed by atoms with E-state index in [1.165, 1.54) is 12.1 Å². The number of benzene rings is 1. The molecular weight excluding hydrogens is 252 g/mol. The largest absolute Gasteiger partial charge is 0.441 e. The minimum absolute atomic E-state index is 0.0456. The van der Waals surface area contributed by atoms with E-state index in [1.807, 2.05) is 13.8 Å². The summed E-state index contributed by atoms with van der Waals surface area (Å²) in [5.41, 5.74) is 0.591. The molecule has 0 atom stereocenters. The molecular formula is C12H14N2O3S. The van der Waals surface area contributed by atoms with Gasteiger partial charge in [0, 0.05) is 11.5 Å². The summed E-state index contributed by atoms with van der Waals surface area (Å²) in [5, 5.41) is 5.08. The maximum atomic E-state index is 11.3. The molecule has 0 fully saturated rings. The second-order valence-electron chi connectivity index (χ2n) is 4.30. The number of primary sulfonamides is 1. The molecule has 1 heterocycles. The molecule has 1 aromatic carbocycles. The summed E-state index contributed by atoms with van der Waals surface area (Å²) in [6, 6.07) is 6.22. The molecule has 0 amide bonds. The molecule has 5 nitrogen and oxygen atoms in total. The maximum Gasteiger partial charge on any atom is 0.238 e. The zero-order valence-electron chi connectivity index (χ0n) is 10.1. The van der Waals surface area contributed by atoms with E-state index in [-0.39, 0.29) is 10.8 Å². The Morgan fingerprint density at radius 1 is 1.33 bits per heavy atom. The van der Waals surface area contributed by atoms with E-state index in [0.29, 0.717) is 11.5 Å². The van der Waals surface area contributed by atoms with Gasteiger partial charge in [0.25, 0.3) is 0 Å². The van der Waals surface area contributed by atoms with E-state index >= 15 is 0 Å². The standard InChI is InChI=1S/C12H14N2O3S/c1-8(2)11-7-14-12(17-11)9-4-3-5-10(6-9)18(13,15)16/h3-8H,1-2H3,(H2,13,15,16). The molecule has 18 heavy (non-hydrogen) atoms. The van der Waals surface area contributed by atoms with E-state index in [2.05, 4.69) is 4.98 Å². The molecule has 0 aliphatic rings. The van der Waals surface area contributed by atoms with Gasteiger partial charge in [-0.3, -0.25) is 0 Å². The molecule has 6 heteroatoms. The number of nitrogens with zero attached hydrogens (tertiary/aromatic N) is 1. The number of hydrogen-bond acceptors (Lipinski definition) is 4. The zero-order valence-corrected chi connectivity index (χ0v) is 10.9. The average molecular weight is 266 g/mol. The summed E-state index contributed by atoms with van der Waals surface area (Å²) in [5.74, 6) is 1.38. The number of rotatable bonds is 3. The fourth-order valence-corrected chi connectivity index (χ4v) is 2.05. The topological polar surface area (TPSA) is 86.2 Å². The van der Waals surface area contributed by atoms with Gasteiger partial charge in [0.15, 0.2) is 0 Å². The predicted octanol–water partition coefficient (Wildman–Crippen LogP) is 2.11. The monoisotopic (exact) mass is 266 g/mol. The normalized spacial score (nSPS) is 12.0. The van der Waals surface area contributed by atoms with Crippen LogP contribution in [0.15, 0.2) is 39.8 Å². The lowest BCUT2D eigenvalue weighted by atomic mass is 10.2. The minimum Gasteiger partial charge on any atom is -0.441 e. The van der Waals surface area contributed by atoms with Crippen molar-refractivity contribution in [3.63, 3.8) is 0 Å². The quantitative estimate of drug-likeness (QED) is 0.921. The third kappa shape index (κ3) is 2.60. The van der Waals surface area contributed by atoms with Gasteiger partial charge in [-0.05, 0) is 18.2 Å². The number of aromatic nitrogens is 1. The third-order valence-electron chi connectivity index (χ3n) is 2.50. The van der Waals surface area contributed by atoms with Crippen LogP contribution < -0.4 is 5.14 Å². The van der Waals surface area contributed by atoms with Crippen LogP contribution in [0.25, 0.3) is 11.5 Å². The van der Waals surface area contributed by atoms with Crippen molar-refractivity contribution in [3.8, 4) is 11.5 Å². The lowest BCUT2D eigenvalue weighted by Gasteiger charge is -2.01. The van der Waals surface area contributed by atoms with Gasteiger partial charge in [-0.25, -0.2) is 18.5 Å². The maximum absolute atomic E-state index is 11.3. The molecule has 0 radical (unpaired) electrons. The highest BCUT2D eigenvalue weighted by atomic mass is 32.2.